The maximum absolute atomic E-state index is 12.7. The molecule has 122 valence electrons. The molecular weight excluding hydrogens is 282 g/mol. The van der Waals surface area contributed by atoms with Crippen molar-refractivity contribution in [1.29, 1.82) is 0 Å². The van der Waals surface area contributed by atoms with Crippen molar-refractivity contribution in [2.24, 2.45) is 5.92 Å². The molecule has 1 amide bonds. The van der Waals surface area contributed by atoms with E-state index in [0.717, 1.165) is 39.1 Å². The SMILES string of the molecule is CCOCC1CCCN(C(=O)c2ccc(OC)c(OC)c2)C1. The molecule has 2 rings (SSSR count). The third-order valence-corrected chi connectivity index (χ3v) is 3.99. The summed E-state index contributed by atoms with van der Waals surface area (Å²) in [6.45, 7) is 5.00. The fraction of sp³-hybridized carbons (Fsp3) is 0.588. The van der Waals surface area contributed by atoms with Crippen LogP contribution in [0.5, 0.6) is 11.5 Å². The summed E-state index contributed by atoms with van der Waals surface area (Å²) in [4.78, 5) is 14.6. The van der Waals surface area contributed by atoms with Crippen LogP contribution in [0.1, 0.15) is 30.1 Å². The van der Waals surface area contributed by atoms with Gasteiger partial charge in [0, 0.05) is 25.3 Å². The lowest BCUT2D eigenvalue weighted by atomic mass is 9.98. The van der Waals surface area contributed by atoms with Gasteiger partial charge in [-0.25, -0.2) is 0 Å². The number of amides is 1. The van der Waals surface area contributed by atoms with Gasteiger partial charge >= 0.3 is 0 Å². The van der Waals surface area contributed by atoms with Crippen LogP contribution in [0.4, 0.5) is 0 Å². The molecule has 1 unspecified atom stereocenters. The summed E-state index contributed by atoms with van der Waals surface area (Å²) < 4.78 is 16.0. The van der Waals surface area contributed by atoms with E-state index in [-0.39, 0.29) is 5.91 Å². The first-order valence-electron chi connectivity index (χ1n) is 7.78. The second kappa shape index (κ2) is 8.03. The maximum Gasteiger partial charge on any atom is 0.254 e. The number of ether oxygens (including phenoxy) is 3. The number of rotatable bonds is 6. The summed E-state index contributed by atoms with van der Waals surface area (Å²) >= 11 is 0. The van der Waals surface area contributed by atoms with Crippen molar-refractivity contribution < 1.29 is 19.0 Å². The van der Waals surface area contributed by atoms with Crippen LogP contribution >= 0.6 is 0 Å². The standard InChI is InChI=1S/C17H25NO4/c1-4-22-12-13-6-5-9-18(11-13)17(19)14-7-8-15(20-2)16(10-14)21-3/h7-8,10,13H,4-6,9,11-12H2,1-3H3. The summed E-state index contributed by atoms with van der Waals surface area (Å²) in [5.41, 5.74) is 0.634. The van der Waals surface area contributed by atoms with Gasteiger partial charge in [-0.05, 0) is 43.9 Å². The lowest BCUT2D eigenvalue weighted by Crippen LogP contribution is -2.41. The lowest BCUT2D eigenvalue weighted by Gasteiger charge is -2.32. The molecule has 1 aromatic carbocycles. The third kappa shape index (κ3) is 3.91. The predicted octanol–water partition coefficient (Wildman–Crippen LogP) is 2.59. The largest absolute Gasteiger partial charge is 0.493 e. The van der Waals surface area contributed by atoms with Crippen LogP contribution in [0.15, 0.2) is 18.2 Å². The van der Waals surface area contributed by atoms with Gasteiger partial charge in [-0.1, -0.05) is 0 Å². The maximum atomic E-state index is 12.7. The quantitative estimate of drug-likeness (QED) is 0.810. The first-order valence-corrected chi connectivity index (χ1v) is 7.78. The zero-order valence-electron chi connectivity index (χ0n) is 13.6. The summed E-state index contributed by atoms with van der Waals surface area (Å²) in [5.74, 6) is 1.68. The van der Waals surface area contributed by atoms with Gasteiger partial charge in [-0.15, -0.1) is 0 Å². The van der Waals surface area contributed by atoms with Crippen molar-refractivity contribution in [2.75, 3.05) is 40.5 Å². The first-order chi connectivity index (χ1) is 10.7. The molecule has 1 aliphatic rings. The molecule has 1 aliphatic heterocycles. The minimum absolute atomic E-state index is 0.0437. The topological polar surface area (TPSA) is 48.0 Å². The average molecular weight is 307 g/mol. The molecule has 1 aromatic rings. The van der Waals surface area contributed by atoms with E-state index in [2.05, 4.69) is 0 Å². The number of piperidine rings is 1. The Kier molecular flexibility index (Phi) is 6.07. The molecule has 1 heterocycles. The molecular formula is C17H25NO4. The number of hydrogen-bond donors (Lipinski definition) is 0. The Morgan fingerprint density at radius 2 is 2.05 bits per heavy atom. The Bertz CT molecular complexity index is 503. The van der Waals surface area contributed by atoms with E-state index in [1.807, 2.05) is 11.8 Å². The Morgan fingerprint density at radius 3 is 2.73 bits per heavy atom. The monoisotopic (exact) mass is 307 g/mol. The van der Waals surface area contributed by atoms with Crippen molar-refractivity contribution in [3.63, 3.8) is 0 Å². The van der Waals surface area contributed by atoms with Crippen molar-refractivity contribution in [1.82, 2.24) is 4.90 Å². The normalized spacial score (nSPS) is 18.1. The van der Waals surface area contributed by atoms with E-state index in [9.17, 15) is 4.79 Å². The van der Waals surface area contributed by atoms with Crippen LogP contribution in [-0.2, 0) is 4.74 Å². The van der Waals surface area contributed by atoms with Gasteiger partial charge < -0.3 is 19.1 Å². The van der Waals surface area contributed by atoms with E-state index in [1.165, 1.54) is 0 Å². The Labute approximate surface area is 132 Å². The van der Waals surface area contributed by atoms with Crippen molar-refractivity contribution in [3.8, 4) is 11.5 Å². The van der Waals surface area contributed by atoms with Gasteiger partial charge in [0.05, 0.1) is 20.8 Å². The zero-order valence-corrected chi connectivity index (χ0v) is 13.6. The highest BCUT2D eigenvalue weighted by atomic mass is 16.5. The molecule has 0 aliphatic carbocycles. The zero-order chi connectivity index (χ0) is 15.9. The fourth-order valence-corrected chi connectivity index (χ4v) is 2.82. The van der Waals surface area contributed by atoms with Crippen LogP contribution in [-0.4, -0.2) is 51.3 Å². The number of likely N-dealkylation sites (tertiary alicyclic amines) is 1. The minimum Gasteiger partial charge on any atom is -0.493 e. The number of hydrogen-bond acceptors (Lipinski definition) is 4. The molecule has 1 atom stereocenters. The van der Waals surface area contributed by atoms with Crippen molar-refractivity contribution >= 4 is 5.91 Å². The second-order valence-electron chi connectivity index (χ2n) is 5.49. The smallest absolute Gasteiger partial charge is 0.254 e. The Balaban J connectivity index is 2.07. The van der Waals surface area contributed by atoms with Gasteiger partial charge in [-0.2, -0.15) is 0 Å². The highest BCUT2D eigenvalue weighted by molar-refractivity contribution is 5.95. The number of methoxy groups -OCH3 is 2. The fourth-order valence-electron chi connectivity index (χ4n) is 2.82. The van der Waals surface area contributed by atoms with Crippen LogP contribution in [0, 0.1) is 5.92 Å². The molecule has 0 radical (unpaired) electrons. The Hall–Kier alpha value is -1.75. The predicted molar refractivity (Wildman–Crippen MR) is 84.7 cm³/mol. The van der Waals surface area contributed by atoms with Crippen LogP contribution in [0.3, 0.4) is 0 Å². The minimum atomic E-state index is 0.0437. The molecule has 0 spiro atoms. The molecule has 0 aromatic heterocycles. The van der Waals surface area contributed by atoms with Crippen molar-refractivity contribution in [2.45, 2.75) is 19.8 Å². The van der Waals surface area contributed by atoms with Crippen LogP contribution in [0.2, 0.25) is 0 Å². The van der Waals surface area contributed by atoms with E-state index in [1.54, 1.807) is 32.4 Å². The summed E-state index contributed by atoms with van der Waals surface area (Å²) in [6, 6.07) is 5.30. The highest BCUT2D eigenvalue weighted by Crippen LogP contribution is 2.28. The van der Waals surface area contributed by atoms with Gasteiger partial charge in [-0.3, -0.25) is 4.79 Å². The molecule has 5 heteroatoms. The van der Waals surface area contributed by atoms with E-state index in [0.29, 0.717) is 23.0 Å². The number of carbonyl (C=O) groups excluding carboxylic acids is 1. The van der Waals surface area contributed by atoms with E-state index < -0.39 is 0 Å². The van der Waals surface area contributed by atoms with Gasteiger partial charge in [0.2, 0.25) is 0 Å². The third-order valence-electron chi connectivity index (χ3n) is 3.99. The van der Waals surface area contributed by atoms with E-state index in [4.69, 9.17) is 14.2 Å². The molecule has 0 bridgehead atoms. The molecule has 1 fully saturated rings. The number of benzene rings is 1. The average Bonchev–Trinajstić information content (AvgIpc) is 2.58. The summed E-state index contributed by atoms with van der Waals surface area (Å²) in [5, 5.41) is 0. The lowest BCUT2D eigenvalue weighted by molar-refractivity contribution is 0.0500. The van der Waals surface area contributed by atoms with Gasteiger partial charge in [0.1, 0.15) is 0 Å². The second-order valence-corrected chi connectivity index (χ2v) is 5.49. The summed E-state index contributed by atoms with van der Waals surface area (Å²) in [7, 11) is 3.16. The van der Waals surface area contributed by atoms with Gasteiger partial charge in [0.15, 0.2) is 11.5 Å². The highest BCUT2D eigenvalue weighted by Gasteiger charge is 2.25. The van der Waals surface area contributed by atoms with Crippen LogP contribution in [0.25, 0.3) is 0 Å². The number of carbonyl (C=O) groups is 1. The molecule has 1 saturated heterocycles. The molecule has 5 nitrogen and oxygen atoms in total. The first kappa shape index (κ1) is 16.6. The Morgan fingerprint density at radius 1 is 1.27 bits per heavy atom. The molecule has 0 saturated carbocycles. The molecule has 22 heavy (non-hydrogen) atoms. The van der Waals surface area contributed by atoms with Crippen LogP contribution < -0.4 is 9.47 Å². The van der Waals surface area contributed by atoms with E-state index >= 15 is 0 Å². The van der Waals surface area contributed by atoms with Gasteiger partial charge in [0.25, 0.3) is 5.91 Å². The molecule has 0 N–H and O–H groups in total. The van der Waals surface area contributed by atoms with Crippen molar-refractivity contribution in [3.05, 3.63) is 23.8 Å². The number of nitrogens with zero attached hydrogens (tertiary/aromatic N) is 1. The summed E-state index contributed by atoms with van der Waals surface area (Å²) in [6.07, 6.45) is 2.15.